The molecular weight excluding hydrogens is 322 g/mol. The van der Waals surface area contributed by atoms with Gasteiger partial charge in [0.25, 0.3) is 5.91 Å². The number of nitrogens with one attached hydrogen (secondary N) is 1. The molecule has 0 fully saturated rings. The number of benzene rings is 2. The van der Waals surface area contributed by atoms with Crippen LogP contribution in [0.2, 0.25) is 0 Å². The van der Waals surface area contributed by atoms with Gasteiger partial charge >= 0.3 is 5.97 Å². The molecule has 0 aliphatic carbocycles. The van der Waals surface area contributed by atoms with Gasteiger partial charge in [-0.2, -0.15) is 0 Å². The number of carboxylic acid groups (broad SMARTS) is 1. The number of carboxylic acids is 1. The molecular formula is C19H21NO5. The molecule has 2 rings (SSSR count). The van der Waals surface area contributed by atoms with Gasteiger partial charge in [-0.15, -0.1) is 0 Å². The number of amides is 1. The van der Waals surface area contributed by atoms with E-state index < -0.39 is 12.6 Å². The number of hydrogen-bond donors (Lipinski definition) is 2. The largest absolute Gasteiger partial charge is 0.491 e. The molecule has 132 valence electrons. The molecule has 6 heteroatoms. The zero-order valence-electron chi connectivity index (χ0n) is 14.2. The Hall–Kier alpha value is -3.02. The molecule has 0 saturated heterocycles. The quantitative estimate of drug-likeness (QED) is 0.765. The zero-order chi connectivity index (χ0) is 18.2. The highest BCUT2D eigenvalue weighted by Crippen LogP contribution is 2.19. The zero-order valence-corrected chi connectivity index (χ0v) is 14.2. The maximum atomic E-state index is 12.3. The molecule has 2 aromatic rings. The van der Waals surface area contributed by atoms with Crippen molar-refractivity contribution in [1.82, 2.24) is 0 Å². The summed E-state index contributed by atoms with van der Waals surface area (Å²) in [6.45, 7) is 3.59. The fourth-order valence-electron chi connectivity index (χ4n) is 2.01. The van der Waals surface area contributed by atoms with E-state index in [4.69, 9.17) is 14.6 Å². The van der Waals surface area contributed by atoms with E-state index in [1.54, 1.807) is 42.5 Å². The average Bonchev–Trinajstić information content (AvgIpc) is 2.61. The van der Waals surface area contributed by atoms with Crippen LogP contribution in [0.1, 0.15) is 30.6 Å². The minimum atomic E-state index is -1.07. The third kappa shape index (κ3) is 5.84. The third-order valence-corrected chi connectivity index (χ3v) is 3.48. The number of carbonyl (C=O) groups excluding carboxylic acids is 1. The summed E-state index contributed by atoms with van der Waals surface area (Å²) in [5.41, 5.74) is 1.01. The second-order valence-electron chi connectivity index (χ2n) is 5.53. The summed E-state index contributed by atoms with van der Waals surface area (Å²) in [6, 6.07) is 13.5. The molecule has 0 radical (unpaired) electrons. The SMILES string of the molecule is CCC(C)Oc1ccc(NC(=O)c2cccc(OCC(=O)O)c2)cc1. The van der Waals surface area contributed by atoms with Crippen molar-refractivity contribution >= 4 is 17.6 Å². The van der Waals surface area contributed by atoms with Crippen LogP contribution in [0.15, 0.2) is 48.5 Å². The van der Waals surface area contributed by atoms with Crippen LogP contribution in [0, 0.1) is 0 Å². The first-order valence-corrected chi connectivity index (χ1v) is 8.00. The van der Waals surface area contributed by atoms with Gasteiger partial charge in [-0.1, -0.05) is 13.0 Å². The monoisotopic (exact) mass is 343 g/mol. The molecule has 0 bridgehead atoms. The van der Waals surface area contributed by atoms with Crippen LogP contribution < -0.4 is 14.8 Å². The second-order valence-corrected chi connectivity index (χ2v) is 5.53. The van der Waals surface area contributed by atoms with E-state index in [2.05, 4.69) is 5.32 Å². The first-order valence-electron chi connectivity index (χ1n) is 8.00. The lowest BCUT2D eigenvalue weighted by molar-refractivity contribution is -0.139. The minimum Gasteiger partial charge on any atom is -0.491 e. The molecule has 0 spiro atoms. The van der Waals surface area contributed by atoms with Gasteiger partial charge in [0, 0.05) is 11.3 Å². The lowest BCUT2D eigenvalue weighted by atomic mass is 10.2. The minimum absolute atomic E-state index is 0.133. The van der Waals surface area contributed by atoms with E-state index >= 15 is 0 Å². The van der Waals surface area contributed by atoms with Crippen LogP contribution in [0.3, 0.4) is 0 Å². The van der Waals surface area contributed by atoms with E-state index in [1.807, 2.05) is 13.8 Å². The summed E-state index contributed by atoms with van der Waals surface area (Å²) >= 11 is 0. The van der Waals surface area contributed by atoms with Crippen molar-refractivity contribution in [3.63, 3.8) is 0 Å². The van der Waals surface area contributed by atoms with Gasteiger partial charge in [-0.3, -0.25) is 4.79 Å². The Balaban J connectivity index is 1.99. The number of rotatable bonds is 8. The van der Waals surface area contributed by atoms with Crippen molar-refractivity contribution in [2.24, 2.45) is 0 Å². The van der Waals surface area contributed by atoms with E-state index in [-0.39, 0.29) is 12.0 Å². The van der Waals surface area contributed by atoms with Gasteiger partial charge in [0.05, 0.1) is 6.10 Å². The highest BCUT2D eigenvalue weighted by atomic mass is 16.5. The first kappa shape index (κ1) is 18.3. The van der Waals surface area contributed by atoms with Crippen LogP contribution in [0.4, 0.5) is 5.69 Å². The summed E-state index contributed by atoms with van der Waals surface area (Å²) in [4.78, 5) is 22.8. The topological polar surface area (TPSA) is 84.9 Å². The van der Waals surface area contributed by atoms with Crippen LogP contribution >= 0.6 is 0 Å². The summed E-state index contributed by atoms with van der Waals surface area (Å²) < 4.78 is 10.8. The summed E-state index contributed by atoms with van der Waals surface area (Å²) in [7, 11) is 0. The third-order valence-electron chi connectivity index (χ3n) is 3.48. The Kier molecular flexibility index (Phi) is 6.39. The predicted octanol–water partition coefficient (Wildman–Crippen LogP) is 3.58. The van der Waals surface area contributed by atoms with Gasteiger partial charge in [0.1, 0.15) is 11.5 Å². The molecule has 1 amide bonds. The van der Waals surface area contributed by atoms with E-state index in [9.17, 15) is 9.59 Å². The van der Waals surface area contributed by atoms with Crippen LogP contribution in [0.5, 0.6) is 11.5 Å². The lowest BCUT2D eigenvalue weighted by Gasteiger charge is -2.13. The number of carbonyl (C=O) groups is 2. The molecule has 6 nitrogen and oxygen atoms in total. The first-order chi connectivity index (χ1) is 12.0. The molecule has 0 aliphatic rings. The highest BCUT2D eigenvalue weighted by Gasteiger charge is 2.09. The molecule has 2 N–H and O–H groups in total. The fraction of sp³-hybridized carbons (Fsp3) is 0.263. The fourth-order valence-corrected chi connectivity index (χ4v) is 2.01. The summed E-state index contributed by atoms with van der Waals surface area (Å²) in [5.74, 6) is -0.310. The Bertz CT molecular complexity index is 727. The van der Waals surface area contributed by atoms with Crippen molar-refractivity contribution < 1.29 is 24.2 Å². The maximum absolute atomic E-state index is 12.3. The van der Waals surface area contributed by atoms with Crippen molar-refractivity contribution in [2.45, 2.75) is 26.4 Å². The van der Waals surface area contributed by atoms with E-state index in [1.165, 1.54) is 6.07 Å². The number of anilines is 1. The predicted molar refractivity (Wildman–Crippen MR) is 94.3 cm³/mol. The molecule has 0 aromatic heterocycles. The molecule has 2 aromatic carbocycles. The number of ether oxygens (including phenoxy) is 2. The van der Waals surface area contributed by atoms with Crippen molar-refractivity contribution in [3.8, 4) is 11.5 Å². The lowest BCUT2D eigenvalue weighted by Crippen LogP contribution is -2.13. The van der Waals surface area contributed by atoms with Crippen LogP contribution in [-0.2, 0) is 4.79 Å². The van der Waals surface area contributed by atoms with Crippen LogP contribution in [0.25, 0.3) is 0 Å². The molecule has 0 heterocycles. The Morgan fingerprint density at radius 3 is 2.48 bits per heavy atom. The van der Waals surface area contributed by atoms with Crippen LogP contribution in [-0.4, -0.2) is 29.7 Å². The standard InChI is InChI=1S/C19H21NO5/c1-3-13(2)25-16-9-7-15(8-10-16)20-19(23)14-5-4-6-17(11-14)24-12-18(21)22/h4-11,13H,3,12H2,1-2H3,(H,20,23)(H,21,22). The Morgan fingerprint density at radius 2 is 1.84 bits per heavy atom. The summed E-state index contributed by atoms with van der Waals surface area (Å²) in [6.07, 6.45) is 1.05. The van der Waals surface area contributed by atoms with E-state index in [0.29, 0.717) is 17.0 Å². The van der Waals surface area contributed by atoms with Gasteiger partial charge in [0.2, 0.25) is 0 Å². The molecule has 0 aliphatic heterocycles. The van der Waals surface area contributed by atoms with E-state index in [0.717, 1.165) is 12.2 Å². The Labute approximate surface area is 146 Å². The molecule has 1 unspecified atom stereocenters. The van der Waals surface area contributed by atoms with Crippen molar-refractivity contribution in [1.29, 1.82) is 0 Å². The van der Waals surface area contributed by atoms with Gasteiger partial charge in [0.15, 0.2) is 6.61 Å². The Morgan fingerprint density at radius 1 is 1.12 bits per heavy atom. The number of hydrogen-bond acceptors (Lipinski definition) is 4. The van der Waals surface area contributed by atoms with Gasteiger partial charge < -0.3 is 19.9 Å². The summed E-state index contributed by atoms with van der Waals surface area (Å²) in [5, 5.41) is 11.4. The molecule has 1 atom stereocenters. The van der Waals surface area contributed by atoms with Crippen molar-refractivity contribution in [3.05, 3.63) is 54.1 Å². The normalized spacial score (nSPS) is 11.4. The number of aliphatic carboxylic acids is 1. The molecule has 0 saturated carbocycles. The molecule has 25 heavy (non-hydrogen) atoms. The van der Waals surface area contributed by atoms with Gasteiger partial charge in [-0.05, 0) is 55.8 Å². The highest BCUT2D eigenvalue weighted by molar-refractivity contribution is 6.04. The van der Waals surface area contributed by atoms with Gasteiger partial charge in [-0.25, -0.2) is 4.79 Å². The smallest absolute Gasteiger partial charge is 0.341 e. The second kappa shape index (κ2) is 8.73. The average molecular weight is 343 g/mol. The van der Waals surface area contributed by atoms with Crippen molar-refractivity contribution in [2.75, 3.05) is 11.9 Å². The maximum Gasteiger partial charge on any atom is 0.341 e.